The average Bonchev–Trinajstić information content (AvgIpc) is 2.69. The Labute approximate surface area is 164 Å². The number of pyridine rings is 1. The summed E-state index contributed by atoms with van der Waals surface area (Å²) in [5, 5.41) is 5.67. The van der Waals surface area contributed by atoms with Crippen molar-refractivity contribution in [2.75, 3.05) is 10.6 Å². The fourth-order valence-corrected chi connectivity index (χ4v) is 2.66. The summed E-state index contributed by atoms with van der Waals surface area (Å²) < 4.78 is 0. The monoisotopic (exact) mass is 373 g/mol. The number of aromatic nitrogens is 1. The molecule has 1 heterocycles. The summed E-state index contributed by atoms with van der Waals surface area (Å²) in [5.74, 6) is -0.406. The zero-order chi connectivity index (χ0) is 20.1. The number of hydrogen-bond acceptors (Lipinski definition) is 3. The second-order valence-corrected chi connectivity index (χ2v) is 7.55. The smallest absolute Gasteiger partial charge is 0.257 e. The first-order valence-electron chi connectivity index (χ1n) is 9.06. The third-order valence-electron chi connectivity index (χ3n) is 4.34. The number of amides is 2. The van der Waals surface area contributed by atoms with Crippen LogP contribution in [0.15, 0.2) is 73.1 Å². The molecule has 2 aromatic carbocycles. The predicted octanol–water partition coefficient (Wildman–Crippen LogP) is 4.88. The summed E-state index contributed by atoms with van der Waals surface area (Å²) >= 11 is 0. The molecule has 3 aromatic rings. The van der Waals surface area contributed by atoms with Crippen LogP contribution in [0, 0.1) is 0 Å². The van der Waals surface area contributed by atoms with Gasteiger partial charge in [0.2, 0.25) is 0 Å². The van der Waals surface area contributed by atoms with Gasteiger partial charge in [-0.2, -0.15) is 0 Å². The molecule has 2 amide bonds. The molecule has 0 unspecified atom stereocenters. The molecule has 0 fully saturated rings. The Bertz CT molecular complexity index is 957. The van der Waals surface area contributed by atoms with Gasteiger partial charge < -0.3 is 10.6 Å². The van der Waals surface area contributed by atoms with E-state index in [0.717, 1.165) is 0 Å². The first-order chi connectivity index (χ1) is 13.3. The summed E-state index contributed by atoms with van der Waals surface area (Å²) in [4.78, 5) is 28.5. The Morgan fingerprint density at radius 1 is 0.750 bits per heavy atom. The molecule has 0 atom stereocenters. The van der Waals surface area contributed by atoms with Crippen molar-refractivity contribution in [3.63, 3.8) is 0 Å². The van der Waals surface area contributed by atoms with E-state index in [1.54, 1.807) is 42.6 Å². The third kappa shape index (κ3) is 4.82. The minimum atomic E-state index is -0.233. The summed E-state index contributed by atoms with van der Waals surface area (Å²) in [7, 11) is 0. The number of carbonyl (C=O) groups excluding carboxylic acids is 2. The van der Waals surface area contributed by atoms with Gasteiger partial charge in [0.1, 0.15) is 0 Å². The lowest BCUT2D eigenvalue weighted by atomic mass is 9.87. The van der Waals surface area contributed by atoms with Crippen molar-refractivity contribution in [3.8, 4) is 0 Å². The van der Waals surface area contributed by atoms with Crippen LogP contribution in [-0.2, 0) is 5.41 Å². The van der Waals surface area contributed by atoms with Crippen LogP contribution in [0.5, 0.6) is 0 Å². The van der Waals surface area contributed by atoms with Gasteiger partial charge in [-0.05, 0) is 59.5 Å². The first-order valence-corrected chi connectivity index (χ1v) is 9.06. The number of rotatable bonds is 4. The van der Waals surface area contributed by atoms with Crippen LogP contribution >= 0.6 is 0 Å². The van der Waals surface area contributed by atoms with Gasteiger partial charge in [0.25, 0.3) is 11.8 Å². The molecule has 0 saturated carbocycles. The highest BCUT2D eigenvalue weighted by Crippen LogP contribution is 2.22. The fourth-order valence-electron chi connectivity index (χ4n) is 2.66. The molecule has 5 heteroatoms. The van der Waals surface area contributed by atoms with Gasteiger partial charge in [-0.15, -0.1) is 0 Å². The molecular weight excluding hydrogens is 350 g/mol. The Kier molecular flexibility index (Phi) is 5.54. The molecular formula is C23H23N3O2. The molecule has 0 bridgehead atoms. The Morgan fingerprint density at radius 2 is 1.29 bits per heavy atom. The van der Waals surface area contributed by atoms with E-state index < -0.39 is 0 Å². The molecule has 5 nitrogen and oxygen atoms in total. The van der Waals surface area contributed by atoms with Crippen molar-refractivity contribution < 1.29 is 9.59 Å². The lowest BCUT2D eigenvalue weighted by Gasteiger charge is -2.19. The Hall–Kier alpha value is -3.47. The highest BCUT2D eigenvalue weighted by Gasteiger charge is 2.14. The third-order valence-corrected chi connectivity index (χ3v) is 4.34. The summed E-state index contributed by atoms with van der Waals surface area (Å²) in [5.41, 5.74) is 3.61. The Morgan fingerprint density at radius 3 is 1.75 bits per heavy atom. The van der Waals surface area contributed by atoms with Crippen molar-refractivity contribution >= 4 is 23.2 Å². The first kappa shape index (κ1) is 19.3. The van der Waals surface area contributed by atoms with Gasteiger partial charge >= 0.3 is 0 Å². The molecule has 28 heavy (non-hydrogen) atoms. The number of hydrogen-bond donors (Lipinski definition) is 2. The molecule has 142 valence electrons. The quantitative estimate of drug-likeness (QED) is 0.684. The highest BCUT2D eigenvalue weighted by molar-refractivity contribution is 6.05. The minimum absolute atomic E-state index is 0.0467. The van der Waals surface area contributed by atoms with Gasteiger partial charge in [0.05, 0.1) is 5.56 Å². The number of nitrogens with zero attached hydrogens (tertiary/aromatic N) is 1. The second-order valence-electron chi connectivity index (χ2n) is 7.55. The zero-order valence-electron chi connectivity index (χ0n) is 16.2. The minimum Gasteiger partial charge on any atom is -0.322 e. The van der Waals surface area contributed by atoms with E-state index in [2.05, 4.69) is 36.4 Å². The highest BCUT2D eigenvalue weighted by atomic mass is 16.2. The maximum atomic E-state index is 12.4. The largest absolute Gasteiger partial charge is 0.322 e. The lowest BCUT2D eigenvalue weighted by molar-refractivity contribution is 0.101. The molecule has 2 N–H and O–H groups in total. The van der Waals surface area contributed by atoms with E-state index in [4.69, 9.17) is 0 Å². The van der Waals surface area contributed by atoms with Crippen molar-refractivity contribution in [3.05, 3.63) is 89.7 Å². The maximum Gasteiger partial charge on any atom is 0.257 e. The zero-order valence-corrected chi connectivity index (χ0v) is 16.2. The van der Waals surface area contributed by atoms with Gasteiger partial charge in [0.15, 0.2) is 0 Å². The van der Waals surface area contributed by atoms with Crippen LogP contribution in [0.1, 0.15) is 47.1 Å². The maximum absolute atomic E-state index is 12.4. The van der Waals surface area contributed by atoms with E-state index in [1.165, 1.54) is 11.8 Å². The lowest BCUT2D eigenvalue weighted by Crippen LogP contribution is -2.14. The van der Waals surface area contributed by atoms with E-state index in [-0.39, 0.29) is 17.2 Å². The van der Waals surface area contributed by atoms with Crippen LogP contribution in [0.2, 0.25) is 0 Å². The summed E-state index contributed by atoms with van der Waals surface area (Å²) in [6, 6.07) is 18.0. The van der Waals surface area contributed by atoms with Crippen molar-refractivity contribution in [1.29, 1.82) is 0 Å². The predicted molar refractivity (Wildman–Crippen MR) is 112 cm³/mol. The van der Waals surface area contributed by atoms with Gasteiger partial charge in [-0.1, -0.05) is 32.9 Å². The topological polar surface area (TPSA) is 71.1 Å². The number of anilines is 2. The van der Waals surface area contributed by atoms with Gasteiger partial charge in [-0.3, -0.25) is 14.6 Å². The molecule has 0 aliphatic rings. The number of benzene rings is 2. The van der Waals surface area contributed by atoms with Crippen LogP contribution in [0.3, 0.4) is 0 Å². The molecule has 0 spiro atoms. The standard InChI is InChI=1S/C23H23N3O2/c1-23(2,3)18-8-6-16(7-9-18)21(27)25-19-10-12-20(13-11-19)26-22(28)17-5-4-14-24-15-17/h4-15H,1-3H3,(H,25,27)(H,26,28). The molecule has 3 rings (SSSR count). The molecule has 0 saturated heterocycles. The van der Waals surface area contributed by atoms with E-state index in [1.807, 2.05) is 24.3 Å². The van der Waals surface area contributed by atoms with Crippen LogP contribution in [0.4, 0.5) is 11.4 Å². The Balaban J connectivity index is 1.62. The molecule has 0 radical (unpaired) electrons. The summed E-state index contributed by atoms with van der Waals surface area (Å²) in [6.45, 7) is 6.41. The molecule has 1 aromatic heterocycles. The summed E-state index contributed by atoms with van der Waals surface area (Å²) in [6.07, 6.45) is 3.12. The number of carbonyl (C=O) groups is 2. The van der Waals surface area contributed by atoms with Crippen molar-refractivity contribution in [2.24, 2.45) is 0 Å². The normalized spacial score (nSPS) is 11.0. The van der Waals surface area contributed by atoms with Gasteiger partial charge in [-0.25, -0.2) is 0 Å². The number of nitrogens with one attached hydrogen (secondary N) is 2. The van der Waals surface area contributed by atoms with Crippen LogP contribution < -0.4 is 10.6 Å². The second kappa shape index (κ2) is 8.05. The van der Waals surface area contributed by atoms with E-state index in [0.29, 0.717) is 22.5 Å². The SMILES string of the molecule is CC(C)(C)c1ccc(C(=O)Nc2ccc(NC(=O)c3cccnc3)cc2)cc1. The van der Waals surface area contributed by atoms with Crippen molar-refractivity contribution in [2.45, 2.75) is 26.2 Å². The van der Waals surface area contributed by atoms with Crippen LogP contribution in [0.25, 0.3) is 0 Å². The molecule has 0 aliphatic heterocycles. The van der Waals surface area contributed by atoms with E-state index >= 15 is 0 Å². The van der Waals surface area contributed by atoms with Crippen molar-refractivity contribution in [1.82, 2.24) is 4.98 Å². The fraction of sp³-hybridized carbons (Fsp3) is 0.174. The van der Waals surface area contributed by atoms with Crippen LogP contribution in [-0.4, -0.2) is 16.8 Å². The van der Waals surface area contributed by atoms with Gasteiger partial charge in [0, 0.05) is 29.3 Å². The van der Waals surface area contributed by atoms with E-state index in [9.17, 15) is 9.59 Å². The molecule has 0 aliphatic carbocycles. The average molecular weight is 373 g/mol.